The van der Waals surface area contributed by atoms with Crippen molar-refractivity contribution in [2.45, 2.75) is 65.0 Å². The normalized spacial score (nSPS) is 21.6. The third kappa shape index (κ3) is 2.77. The van der Waals surface area contributed by atoms with Crippen molar-refractivity contribution in [2.75, 3.05) is 4.90 Å². The summed E-state index contributed by atoms with van der Waals surface area (Å²) in [6.45, 7) is 10.8. The van der Waals surface area contributed by atoms with Gasteiger partial charge < -0.3 is 4.90 Å². The Bertz CT molecular complexity index is 539. The number of rotatable bonds is 3. The van der Waals surface area contributed by atoms with E-state index in [1.165, 1.54) is 16.8 Å². The molecule has 1 amide bonds. The molecular formula is C17H27N3O. The van der Waals surface area contributed by atoms with Gasteiger partial charge in [-0.2, -0.15) is 0 Å². The number of carbonyl (C=O) groups excluding carboxylic acids is 1. The number of hydrogen-bond acceptors (Lipinski definition) is 3. The molecule has 0 radical (unpaired) electrons. The first kappa shape index (κ1) is 15.8. The van der Waals surface area contributed by atoms with Crippen LogP contribution in [0.2, 0.25) is 0 Å². The second kappa shape index (κ2) is 5.68. The van der Waals surface area contributed by atoms with Crippen molar-refractivity contribution in [3.63, 3.8) is 0 Å². The summed E-state index contributed by atoms with van der Waals surface area (Å²) < 4.78 is 0. The second-order valence-electron chi connectivity index (χ2n) is 6.78. The first-order valence-corrected chi connectivity index (χ1v) is 7.72. The van der Waals surface area contributed by atoms with Crippen LogP contribution >= 0.6 is 0 Å². The van der Waals surface area contributed by atoms with E-state index < -0.39 is 0 Å². The maximum absolute atomic E-state index is 12.2. The quantitative estimate of drug-likeness (QED) is 0.511. The van der Waals surface area contributed by atoms with Crippen molar-refractivity contribution in [1.82, 2.24) is 5.43 Å². The lowest BCUT2D eigenvalue weighted by atomic mass is 9.78. The van der Waals surface area contributed by atoms with Gasteiger partial charge in [-0.05, 0) is 56.7 Å². The van der Waals surface area contributed by atoms with E-state index in [0.29, 0.717) is 5.92 Å². The zero-order chi connectivity index (χ0) is 15.8. The number of fused-ring (bicyclic) bond motifs is 1. The van der Waals surface area contributed by atoms with E-state index in [1.54, 1.807) is 0 Å². The molecule has 1 aromatic rings. The van der Waals surface area contributed by atoms with Gasteiger partial charge in [0.1, 0.15) is 6.04 Å². The van der Waals surface area contributed by atoms with Crippen molar-refractivity contribution < 1.29 is 4.79 Å². The molecule has 0 bridgehead atoms. The SMILES string of the molecule is CC[C@H](C(=O)NN)N1c2cc(C)ccc2[C@H](C)CC1(C)C. The van der Waals surface area contributed by atoms with Crippen molar-refractivity contribution >= 4 is 11.6 Å². The third-order valence-corrected chi connectivity index (χ3v) is 4.58. The van der Waals surface area contributed by atoms with Gasteiger partial charge in [-0.3, -0.25) is 10.2 Å². The molecule has 1 heterocycles. The standard InChI is InChI=1S/C17H27N3O/c1-6-14(16(21)19-18)20-15-9-11(2)7-8-13(15)12(3)10-17(20,4)5/h7-9,12,14H,6,10,18H2,1-5H3,(H,19,21)/t12-,14-/m1/s1. The lowest BCUT2D eigenvalue weighted by molar-refractivity contribution is -0.122. The lowest BCUT2D eigenvalue weighted by Gasteiger charge is -2.50. The smallest absolute Gasteiger partial charge is 0.256 e. The molecule has 2 atom stereocenters. The van der Waals surface area contributed by atoms with E-state index in [-0.39, 0.29) is 17.5 Å². The summed E-state index contributed by atoms with van der Waals surface area (Å²) in [5.41, 5.74) is 5.96. The Labute approximate surface area is 127 Å². The molecule has 2 rings (SSSR count). The number of anilines is 1. The average Bonchev–Trinajstić information content (AvgIpc) is 2.41. The van der Waals surface area contributed by atoms with Crippen LogP contribution in [0.3, 0.4) is 0 Å². The summed E-state index contributed by atoms with van der Waals surface area (Å²) in [6, 6.07) is 6.30. The summed E-state index contributed by atoms with van der Waals surface area (Å²) >= 11 is 0. The predicted octanol–water partition coefficient (Wildman–Crippen LogP) is 2.86. The number of hydrogen-bond donors (Lipinski definition) is 2. The molecule has 3 N–H and O–H groups in total. The van der Waals surface area contributed by atoms with Gasteiger partial charge in [-0.15, -0.1) is 0 Å². The molecule has 4 nitrogen and oxygen atoms in total. The van der Waals surface area contributed by atoms with Crippen molar-refractivity contribution in [1.29, 1.82) is 0 Å². The van der Waals surface area contributed by atoms with E-state index >= 15 is 0 Å². The molecule has 116 valence electrons. The van der Waals surface area contributed by atoms with Crippen LogP contribution in [0.25, 0.3) is 0 Å². The largest absolute Gasteiger partial charge is 0.354 e. The van der Waals surface area contributed by atoms with E-state index in [9.17, 15) is 4.79 Å². The van der Waals surface area contributed by atoms with Gasteiger partial charge >= 0.3 is 0 Å². The molecule has 1 aromatic carbocycles. The number of carbonyl (C=O) groups is 1. The number of hydrazine groups is 1. The summed E-state index contributed by atoms with van der Waals surface area (Å²) in [5, 5.41) is 0. The van der Waals surface area contributed by atoms with Gasteiger partial charge in [-0.1, -0.05) is 26.0 Å². The van der Waals surface area contributed by atoms with Crippen LogP contribution in [-0.2, 0) is 4.79 Å². The predicted molar refractivity (Wildman–Crippen MR) is 87.2 cm³/mol. The van der Waals surface area contributed by atoms with Gasteiger partial charge in [0.2, 0.25) is 0 Å². The number of nitrogens with two attached hydrogens (primary N) is 1. The fourth-order valence-corrected chi connectivity index (χ4v) is 3.73. The highest BCUT2D eigenvalue weighted by atomic mass is 16.2. The van der Waals surface area contributed by atoms with Gasteiger partial charge in [0.15, 0.2) is 0 Å². The van der Waals surface area contributed by atoms with Crippen LogP contribution in [-0.4, -0.2) is 17.5 Å². The number of benzene rings is 1. The summed E-state index contributed by atoms with van der Waals surface area (Å²) in [5.74, 6) is 5.77. The molecule has 0 spiro atoms. The van der Waals surface area contributed by atoms with Gasteiger partial charge in [0.05, 0.1) is 0 Å². The van der Waals surface area contributed by atoms with Gasteiger partial charge in [0.25, 0.3) is 5.91 Å². The molecule has 0 aliphatic carbocycles. The minimum absolute atomic E-state index is 0.0760. The monoisotopic (exact) mass is 289 g/mol. The lowest BCUT2D eigenvalue weighted by Crippen LogP contribution is -2.59. The van der Waals surface area contributed by atoms with Crippen LogP contribution < -0.4 is 16.2 Å². The Morgan fingerprint density at radius 2 is 2.19 bits per heavy atom. The Kier molecular flexibility index (Phi) is 4.28. The Hall–Kier alpha value is -1.55. The zero-order valence-corrected chi connectivity index (χ0v) is 13.7. The first-order valence-electron chi connectivity index (χ1n) is 7.72. The van der Waals surface area contributed by atoms with Crippen LogP contribution in [0.1, 0.15) is 57.6 Å². The highest BCUT2D eigenvalue weighted by Gasteiger charge is 2.41. The van der Waals surface area contributed by atoms with Crippen LogP contribution in [0, 0.1) is 6.92 Å². The van der Waals surface area contributed by atoms with Crippen molar-refractivity contribution in [2.24, 2.45) is 5.84 Å². The van der Waals surface area contributed by atoms with E-state index in [4.69, 9.17) is 5.84 Å². The number of nitrogens with one attached hydrogen (secondary N) is 1. The minimum Gasteiger partial charge on any atom is -0.354 e. The summed E-state index contributed by atoms with van der Waals surface area (Å²) in [4.78, 5) is 14.5. The molecule has 21 heavy (non-hydrogen) atoms. The maximum atomic E-state index is 12.2. The number of aryl methyl sites for hydroxylation is 1. The van der Waals surface area contributed by atoms with Crippen LogP contribution in [0.4, 0.5) is 5.69 Å². The molecule has 0 saturated heterocycles. The van der Waals surface area contributed by atoms with E-state index in [2.05, 4.69) is 56.2 Å². The molecule has 0 unspecified atom stereocenters. The summed E-state index contributed by atoms with van der Waals surface area (Å²) in [7, 11) is 0. The maximum Gasteiger partial charge on any atom is 0.256 e. The highest BCUT2D eigenvalue weighted by molar-refractivity contribution is 5.86. The molecule has 0 saturated carbocycles. The Morgan fingerprint density at radius 1 is 1.52 bits per heavy atom. The molecule has 1 aliphatic heterocycles. The van der Waals surface area contributed by atoms with Crippen LogP contribution in [0.5, 0.6) is 0 Å². The molecule has 4 heteroatoms. The molecule has 0 fully saturated rings. The Balaban J connectivity index is 2.59. The Morgan fingerprint density at radius 3 is 2.76 bits per heavy atom. The highest BCUT2D eigenvalue weighted by Crippen LogP contribution is 2.45. The third-order valence-electron chi connectivity index (χ3n) is 4.58. The average molecular weight is 289 g/mol. The fraction of sp³-hybridized carbons (Fsp3) is 0.588. The molecule has 1 aliphatic rings. The van der Waals surface area contributed by atoms with E-state index in [1.807, 2.05) is 6.92 Å². The molecular weight excluding hydrogens is 262 g/mol. The minimum atomic E-state index is -0.238. The molecule has 0 aromatic heterocycles. The number of nitrogens with zero attached hydrogens (tertiary/aromatic N) is 1. The van der Waals surface area contributed by atoms with Crippen molar-refractivity contribution in [3.05, 3.63) is 29.3 Å². The summed E-state index contributed by atoms with van der Waals surface area (Å²) in [6.07, 6.45) is 1.76. The van der Waals surface area contributed by atoms with Gasteiger partial charge in [-0.25, -0.2) is 5.84 Å². The van der Waals surface area contributed by atoms with Gasteiger partial charge in [0, 0.05) is 11.2 Å². The van der Waals surface area contributed by atoms with E-state index in [0.717, 1.165) is 12.8 Å². The topological polar surface area (TPSA) is 58.4 Å². The fourth-order valence-electron chi connectivity index (χ4n) is 3.73. The van der Waals surface area contributed by atoms with Crippen LogP contribution in [0.15, 0.2) is 18.2 Å². The van der Waals surface area contributed by atoms with Crippen molar-refractivity contribution in [3.8, 4) is 0 Å². The second-order valence-corrected chi connectivity index (χ2v) is 6.78. The zero-order valence-electron chi connectivity index (χ0n) is 13.7. The first-order chi connectivity index (χ1) is 9.81. The number of amides is 1.